The summed E-state index contributed by atoms with van der Waals surface area (Å²) in [6, 6.07) is 14.8. The van der Waals surface area contributed by atoms with Crippen LogP contribution < -0.4 is 11.1 Å². The van der Waals surface area contributed by atoms with E-state index in [9.17, 15) is 18.4 Å². The molecule has 8 nitrogen and oxygen atoms in total. The maximum atomic E-state index is 14.3. The number of carbonyl (C=O) groups is 2. The monoisotopic (exact) mass is 547 g/mol. The molecule has 4 aromatic rings. The minimum absolute atomic E-state index is 0.0488. The van der Waals surface area contributed by atoms with Crippen LogP contribution in [0.4, 0.5) is 14.7 Å². The van der Waals surface area contributed by atoms with Gasteiger partial charge in [0.2, 0.25) is 5.95 Å². The van der Waals surface area contributed by atoms with Crippen LogP contribution in [-0.2, 0) is 29.2 Å². The Balaban J connectivity index is 0.00000181. The van der Waals surface area contributed by atoms with Crippen LogP contribution in [0.15, 0.2) is 54.6 Å². The van der Waals surface area contributed by atoms with Crippen LogP contribution in [0, 0.1) is 11.6 Å². The number of rotatable bonds is 7. The fourth-order valence-electron chi connectivity index (χ4n) is 4.54. The van der Waals surface area contributed by atoms with E-state index >= 15 is 0 Å². The van der Waals surface area contributed by atoms with Gasteiger partial charge in [-0.25, -0.2) is 18.7 Å². The molecular formula is C30H31F2N5O3. The minimum Gasteiger partial charge on any atom is -0.461 e. The predicted molar refractivity (Wildman–Crippen MR) is 149 cm³/mol. The normalized spacial score (nSPS) is 12.1. The van der Waals surface area contributed by atoms with E-state index in [0.717, 1.165) is 23.3 Å². The van der Waals surface area contributed by atoms with Crippen molar-refractivity contribution in [2.75, 3.05) is 19.3 Å². The predicted octanol–water partition coefficient (Wildman–Crippen LogP) is 4.99. The molecule has 208 valence electrons. The van der Waals surface area contributed by atoms with Crippen LogP contribution in [0.1, 0.15) is 47.4 Å². The largest absolute Gasteiger partial charge is 0.461 e. The van der Waals surface area contributed by atoms with Crippen molar-refractivity contribution in [2.24, 2.45) is 0 Å². The number of nitrogen functional groups attached to an aromatic ring is 1. The van der Waals surface area contributed by atoms with Crippen LogP contribution in [0.5, 0.6) is 0 Å². The lowest BCUT2D eigenvalue weighted by Gasteiger charge is -2.17. The van der Waals surface area contributed by atoms with E-state index < -0.39 is 17.6 Å². The van der Waals surface area contributed by atoms with Crippen molar-refractivity contribution in [3.63, 3.8) is 0 Å². The number of hydrogen-bond donors (Lipinski definition) is 2. The van der Waals surface area contributed by atoms with Gasteiger partial charge in [0, 0.05) is 30.6 Å². The zero-order valence-electron chi connectivity index (χ0n) is 22.6. The highest BCUT2D eigenvalue weighted by molar-refractivity contribution is 6.06. The van der Waals surface area contributed by atoms with E-state index in [-0.39, 0.29) is 36.1 Å². The number of aromatic nitrogens is 2. The summed E-state index contributed by atoms with van der Waals surface area (Å²) in [5.41, 5.74) is 9.66. The van der Waals surface area contributed by atoms with Crippen molar-refractivity contribution in [3.05, 3.63) is 88.6 Å². The first-order chi connectivity index (χ1) is 19.3. The Morgan fingerprint density at radius 1 is 1.00 bits per heavy atom. The fraction of sp³-hybridized carbons (Fsp3) is 0.267. The molecule has 10 heteroatoms. The molecule has 1 aliphatic rings. The topological polar surface area (TPSA) is 110 Å². The molecule has 1 amide bonds. The standard InChI is InChI=1S/C28H25F2N5O3.C2H6/c1-32-9-8-25(36)38-15-19-11-22(29)23(30)12-20(19)16-6-7-24-21(10-16)26(34-28(31)33-24)27(37)35-13-17-4-2-3-5-18(17)14-35;1-2/h2-7,10-12,32H,8-9,13-15H2,1H3,(H2,31,33,34);1-2H3. The number of benzene rings is 3. The molecule has 0 unspecified atom stereocenters. The summed E-state index contributed by atoms with van der Waals surface area (Å²) in [6.45, 7) is 5.05. The van der Waals surface area contributed by atoms with E-state index in [1.54, 1.807) is 30.1 Å². The summed E-state index contributed by atoms with van der Waals surface area (Å²) in [7, 11) is 1.71. The molecule has 0 fully saturated rings. The van der Waals surface area contributed by atoms with Crippen molar-refractivity contribution in [1.29, 1.82) is 0 Å². The Bertz CT molecular complexity index is 1540. The van der Waals surface area contributed by atoms with Crippen LogP contribution in [0.3, 0.4) is 0 Å². The number of esters is 1. The number of ether oxygens (including phenoxy) is 1. The van der Waals surface area contributed by atoms with Crippen molar-refractivity contribution >= 4 is 28.7 Å². The average Bonchev–Trinajstić information content (AvgIpc) is 3.41. The molecule has 2 heterocycles. The van der Waals surface area contributed by atoms with Gasteiger partial charge >= 0.3 is 5.97 Å². The van der Waals surface area contributed by atoms with Crippen molar-refractivity contribution in [2.45, 2.75) is 40.0 Å². The highest BCUT2D eigenvalue weighted by atomic mass is 19.2. The lowest BCUT2D eigenvalue weighted by molar-refractivity contribution is -0.144. The van der Waals surface area contributed by atoms with E-state index in [2.05, 4.69) is 15.3 Å². The number of nitrogens with one attached hydrogen (secondary N) is 1. The average molecular weight is 548 g/mol. The number of anilines is 1. The Hall–Kier alpha value is -4.44. The van der Waals surface area contributed by atoms with Crippen LogP contribution in [0.2, 0.25) is 0 Å². The third-order valence-corrected chi connectivity index (χ3v) is 6.47. The third kappa shape index (κ3) is 6.07. The van der Waals surface area contributed by atoms with Crippen LogP contribution in [-0.4, -0.2) is 40.3 Å². The molecule has 0 atom stereocenters. The molecule has 3 N–H and O–H groups in total. The Morgan fingerprint density at radius 2 is 1.68 bits per heavy atom. The zero-order valence-corrected chi connectivity index (χ0v) is 22.6. The zero-order chi connectivity index (χ0) is 28.8. The molecule has 0 radical (unpaired) electrons. The first-order valence-corrected chi connectivity index (χ1v) is 13.1. The third-order valence-electron chi connectivity index (χ3n) is 6.47. The molecule has 1 aromatic heterocycles. The molecule has 0 bridgehead atoms. The molecular weight excluding hydrogens is 516 g/mol. The number of amides is 1. The number of nitrogens with zero attached hydrogens (tertiary/aromatic N) is 3. The van der Waals surface area contributed by atoms with E-state index in [1.807, 2.05) is 38.1 Å². The Labute approximate surface area is 231 Å². The lowest BCUT2D eigenvalue weighted by Crippen LogP contribution is -2.27. The van der Waals surface area contributed by atoms with E-state index in [0.29, 0.717) is 41.7 Å². The second kappa shape index (κ2) is 12.6. The summed E-state index contributed by atoms with van der Waals surface area (Å²) in [6.07, 6.45) is 0.135. The second-order valence-electron chi connectivity index (χ2n) is 9.03. The minimum atomic E-state index is -1.06. The van der Waals surface area contributed by atoms with Gasteiger partial charge in [-0.05, 0) is 53.6 Å². The van der Waals surface area contributed by atoms with Gasteiger partial charge in [-0.2, -0.15) is 0 Å². The van der Waals surface area contributed by atoms with E-state index in [4.69, 9.17) is 10.5 Å². The first-order valence-electron chi connectivity index (χ1n) is 13.1. The summed E-state index contributed by atoms with van der Waals surface area (Å²) in [5, 5.41) is 3.27. The Morgan fingerprint density at radius 3 is 2.35 bits per heavy atom. The number of nitrogens with two attached hydrogens (primary N) is 1. The van der Waals surface area contributed by atoms with Gasteiger partial charge in [0.15, 0.2) is 11.6 Å². The highest BCUT2D eigenvalue weighted by Crippen LogP contribution is 2.32. The fourth-order valence-corrected chi connectivity index (χ4v) is 4.54. The summed E-state index contributed by atoms with van der Waals surface area (Å²) in [5.74, 6) is -2.95. The molecule has 0 saturated heterocycles. The molecule has 1 aliphatic heterocycles. The van der Waals surface area contributed by atoms with Crippen molar-refractivity contribution in [3.8, 4) is 11.1 Å². The number of carbonyl (C=O) groups excluding carboxylic acids is 2. The van der Waals surface area contributed by atoms with E-state index in [1.165, 1.54) is 0 Å². The molecule has 0 aliphatic carbocycles. The smallest absolute Gasteiger partial charge is 0.307 e. The number of halogens is 2. The van der Waals surface area contributed by atoms with Gasteiger partial charge in [0.1, 0.15) is 12.3 Å². The van der Waals surface area contributed by atoms with Gasteiger partial charge in [-0.3, -0.25) is 9.59 Å². The Kier molecular flexibility index (Phi) is 9.00. The van der Waals surface area contributed by atoms with Crippen LogP contribution in [0.25, 0.3) is 22.0 Å². The second-order valence-corrected chi connectivity index (χ2v) is 9.03. The summed E-state index contributed by atoms with van der Waals surface area (Å²) in [4.78, 5) is 35.7. The maximum absolute atomic E-state index is 14.3. The molecule has 3 aromatic carbocycles. The van der Waals surface area contributed by atoms with Gasteiger partial charge < -0.3 is 20.7 Å². The molecule has 0 saturated carbocycles. The van der Waals surface area contributed by atoms with Gasteiger partial charge in [0.05, 0.1) is 11.9 Å². The number of fused-ring (bicyclic) bond motifs is 2. The summed E-state index contributed by atoms with van der Waals surface area (Å²) >= 11 is 0. The van der Waals surface area contributed by atoms with Gasteiger partial charge in [-0.15, -0.1) is 0 Å². The quantitative estimate of drug-likeness (QED) is 0.314. The molecule has 0 spiro atoms. The van der Waals surface area contributed by atoms with Gasteiger partial charge in [-0.1, -0.05) is 44.2 Å². The van der Waals surface area contributed by atoms with Crippen molar-refractivity contribution in [1.82, 2.24) is 20.2 Å². The lowest BCUT2D eigenvalue weighted by atomic mass is 9.97. The SMILES string of the molecule is CC.CNCCC(=O)OCc1cc(F)c(F)cc1-c1ccc2nc(N)nc(C(=O)N3Cc4ccccc4C3)c2c1. The van der Waals surface area contributed by atoms with Crippen LogP contribution >= 0.6 is 0 Å². The molecule has 5 rings (SSSR count). The first kappa shape index (κ1) is 28.6. The van der Waals surface area contributed by atoms with Gasteiger partial charge in [0.25, 0.3) is 5.91 Å². The van der Waals surface area contributed by atoms with Crippen molar-refractivity contribution < 1.29 is 23.1 Å². The number of hydrogen-bond acceptors (Lipinski definition) is 7. The highest BCUT2D eigenvalue weighted by Gasteiger charge is 2.27. The summed E-state index contributed by atoms with van der Waals surface area (Å²) < 4.78 is 33.8. The maximum Gasteiger partial charge on any atom is 0.307 e. The molecule has 40 heavy (non-hydrogen) atoms.